The molecule has 72 valence electrons. The summed E-state index contributed by atoms with van der Waals surface area (Å²) < 4.78 is 0. The maximum atomic E-state index is 10.5. The minimum Gasteiger partial charge on any atom is -0.504 e. The lowest BCUT2D eigenvalue weighted by molar-refractivity contribution is -0.138. The molecule has 1 unspecified atom stereocenters. The van der Waals surface area contributed by atoms with Crippen LogP contribution in [0.5, 0.6) is 0 Å². The lowest BCUT2D eigenvalue weighted by atomic mass is 9.80. The molecule has 0 amide bonds. The molecule has 0 fully saturated rings. The molecule has 0 saturated carbocycles. The van der Waals surface area contributed by atoms with Gasteiger partial charge in [-0.05, 0) is 18.6 Å². The first kappa shape index (κ1) is 9.64. The van der Waals surface area contributed by atoms with E-state index in [2.05, 4.69) is 0 Å². The van der Waals surface area contributed by atoms with Crippen LogP contribution in [-0.2, 0) is 4.79 Å². The van der Waals surface area contributed by atoms with Crippen LogP contribution in [0.1, 0.15) is 19.8 Å². The third-order valence-corrected chi connectivity index (χ3v) is 2.06. The summed E-state index contributed by atoms with van der Waals surface area (Å²) in [5.41, 5.74) is -0.595. The summed E-state index contributed by atoms with van der Waals surface area (Å²) in [7, 11) is 0. The van der Waals surface area contributed by atoms with Gasteiger partial charge in [-0.2, -0.15) is 0 Å². The lowest BCUT2D eigenvalue weighted by Crippen LogP contribution is -2.21. The fraction of sp³-hybridized carbons (Fsp3) is 0.444. The average molecular weight is 184 g/mol. The number of aliphatic hydroxyl groups is 2. The Morgan fingerprint density at radius 1 is 1.54 bits per heavy atom. The summed E-state index contributed by atoms with van der Waals surface area (Å²) in [5, 5.41) is 26.8. The van der Waals surface area contributed by atoms with Gasteiger partial charge in [0.05, 0.1) is 6.42 Å². The van der Waals surface area contributed by atoms with E-state index in [0.717, 1.165) is 0 Å². The normalized spacial score (nSPS) is 27.8. The van der Waals surface area contributed by atoms with E-state index in [-0.39, 0.29) is 17.9 Å². The Labute approximate surface area is 75.8 Å². The Hall–Kier alpha value is -1.45. The molecule has 0 heterocycles. The van der Waals surface area contributed by atoms with Crippen molar-refractivity contribution in [2.24, 2.45) is 5.41 Å². The minimum atomic E-state index is -0.915. The maximum Gasteiger partial charge on any atom is 0.304 e. The van der Waals surface area contributed by atoms with Crippen LogP contribution in [0.3, 0.4) is 0 Å². The van der Waals surface area contributed by atoms with E-state index >= 15 is 0 Å². The zero-order chi connectivity index (χ0) is 10.1. The van der Waals surface area contributed by atoms with Crippen molar-refractivity contribution in [2.45, 2.75) is 19.8 Å². The van der Waals surface area contributed by atoms with Gasteiger partial charge in [-0.1, -0.05) is 6.92 Å². The van der Waals surface area contributed by atoms with Crippen molar-refractivity contribution < 1.29 is 20.1 Å². The smallest absolute Gasteiger partial charge is 0.304 e. The van der Waals surface area contributed by atoms with Gasteiger partial charge in [-0.3, -0.25) is 4.79 Å². The number of hydrogen-bond donors (Lipinski definition) is 3. The molecule has 1 rings (SSSR count). The molecule has 0 aliphatic heterocycles. The van der Waals surface area contributed by atoms with E-state index in [1.165, 1.54) is 12.2 Å². The molecular formula is C9H12O4. The van der Waals surface area contributed by atoms with Crippen LogP contribution >= 0.6 is 0 Å². The number of aliphatic hydroxyl groups excluding tert-OH is 2. The van der Waals surface area contributed by atoms with Crippen molar-refractivity contribution in [1.29, 1.82) is 0 Å². The zero-order valence-corrected chi connectivity index (χ0v) is 7.32. The van der Waals surface area contributed by atoms with Crippen LogP contribution in [0.15, 0.2) is 23.7 Å². The van der Waals surface area contributed by atoms with Gasteiger partial charge in [0.25, 0.3) is 0 Å². The van der Waals surface area contributed by atoms with Crippen LogP contribution in [0.2, 0.25) is 0 Å². The van der Waals surface area contributed by atoms with Gasteiger partial charge in [0.1, 0.15) is 0 Å². The monoisotopic (exact) mass is 184 g/mol. The van der Waals surface area contributed by atoms with Gasteiger partial charge in [0, 0.05) is 5.41 Å². The van der Waals surface area contributed by atoms with Gasteiger partial charge in [0.15, 0.2) is 11.5 Å². The molecule has 3 N–H and O–H groups in total. The topological polar surface area (TPSA) is 77.8 Å². The van der Waals surface area contributed by atoms with Gasteiger partial charge in [-0.15, -0.1) is 0 Å². The molecule has 1 aliphatic carbocycles. The Balaban J connectivity index is 2.81. The van der Waals surface area contributed by atoms with Crippen molar-refractivity contribution in [2.75, 3.05) is 0 Å². The van der Waals surface area contributed by atoms with Crippen LogP contribution < -0.4 is 0 Å². The number of allylic oxidation sites excluding steroid dienone is 2. The lowest BCUT2D eigenvalue weighted by Gasteiger charge is -2.25. The van der Waals surface area contributed by atoms with Crippen molar-refractivity contribution in [3.8, 4) is 0 Å². The zero-order valence-electron chi connectivity index (χ0n) is 7.32. The molecule has 4 heteroatoms. The van der Waals surface area contributed by atoms with E-state index in [0.29, 0.717) is 6.42 Å². The summed E-state index contributed by atoms with van der Waals surface area (Å²) in [6.45, 7) is 1.72. The maximum absolute atomic E-state index is 10.5. The predicted molar refractivity (Wildman–Crippen MR) is 46.4 cm³/mol. The molecule has 0 radical (unpaired) electrons. The van der Waals surface area contributed by atoms with Crippen molar-refractivity contribution in [1.82, 2.24) is 0 Å². The quantitative estimate of drug-likeness (QED) is 0.611. The SMILES string of the molecule is CC1(CC(=O)O)C=C(O)C(O)=CC1. The second kappa shape index (κ2) is 3.12. The van der Waals surface area contributed by atoms with Crippen LogP contribution in [0, 0.1) is 5.41 Å². The highest BCUT2D eigenvalue weighted by molar-refractivity contribution is 5.68. The van der Waals surface area contributed by atoms with Gasteiger partial charge in [0.2, 0.25) is 0 Å². The molecule has 0 aromatic heterocycles. The fourth-order valence-electron chi connectivity index (χ4n) is 1.37. The number of hydrogen-bond acceptors (Lipinski definition) is 3. The Morgan fingerprint density at radius 3 is 2.62 bits per heavy atom. The minimum absolute atomic E-state index is 0.0547. The standard InChI is InChI=1S/C9H12O4/c1-9(5-8(12)13)3-2-6(10)7(11)4-9/h2,4,10-11H,3,5H2,1H3,(H,12,13). The summed E-state index contributed by atoms with van der Waals surface area (Å²) in [5.74, 6) is -1.33. The first-order chi connectivity index (χ1) is 5.93. The molecule has 4 nitrogen and oxygen atoms in total. The van der Waals surface area contributed by atoms with Gasteiger partial charge < -0.3 is 15.3 Å². The molecule has 13 heavy (non-hydrogen) atoms. The number of carboxylic acids is 1. The molecule has 1 atom stereocenters. The highest BCUT2D eigenvalue weighted by Crippen LogP contribution is 2.34. The number of aliphatic carboxylic acids is 1. The van der Waals surface area contributed by atoms with Crippen LogP contribution in [-0.4, -0.2) is 21.3 Å². The summed E-state index contributed by atoms with van der Waals surface area (Å²) in [4.78, 5) is 10.5. The second-order valence-electron chi connectivity index (χ2n) is 3.55. The molecule has 0 saturated heterocycles. The van der Waals surface area contributed by atoms with Crippen molar-refractivity contribution in [3.63, 3.8) is 0 Å². The van der Waals surface area contributed by atoms with E-state index in [1.54, 1.807) is 6.92 Å². The number of rotatable bonds is 2. The van der Waals surface area contributed by atoms with Crippen LogP contribution in [0.25, 0.3) is 0 Å². The summed E-state index contributed by atoms with van der Waals surface area (Å²) >= 11 is 0. The second-order valence-corrected chi connectivity index (χ2v) is 3.55. The molecular weight excluding hydrogens is 172 g/mol. The van der Waals surface area contributed by atoms with Gasteiger partial charge >= 0.3 is 5.97 Å². The third-order valence-electron chi connectivity index (χ3n) is 2.06. The van der Waals surface area contributed by atoms with E-state index in [4.69, 9.17) is 10.2 Å². The Bertz CT molecular complexity index is 290. The van der Waals surface area contributed by atoms with Crippen molar-refractivity contribution >= 4 is 5.97 Å². The first-order valence-electron chi connectivity index (χ1n) is 3.96. The van der Waals surface area contributed by atoms with Crippen molar-refractivity contribution in [3.05, 3.63) is 23.7 Å². The fourth-order valence-corrected chi connectivity index (χ4v) is 1.37. The summed E-state index contributed by atoms with van der Waals surface area (Å²) in [6, 6.07) is 0. The van der Waals surface area contributed by atoms with E-state index in [1.807, 2.05) is 0 Å². The number of carbonyl (C=O) groups is 1. The molecule has 0 bridgehead atoms. The first-order valence-corrected chi connectivity index (χ1v) is 3.96. The predicted octanol–water partition coefficient (Wildman–Crippen LogP) is 1.75. The third kappa shape index (κ3) is 2.24. The molecule has 1 aliphatic rings. The van der Waals surface area contributed by atoms with E-state index in [9.17, 15) is 9.90 Å². The molecule has 0 aromatic rings. The van der Waals surface area contributed by atoms with Crippen LogP contribution in [0.4, 0.5) is 0 Å². The highest BCUT2D eigenvalue weighted by atomic mass is 16.4. The molecule has 0 aromatic carbocycles. The Morgan fingerprint density at radius 2 is 2.15 bits per heavy atom. The van der Waals surface area contributed by atoms with Gasteiger partial charge in [-0.25, -0.2) is 0 Å². The Kier molecular flexibility index (Phi) is 2.32. The van der Waals surface area contributed by atoms with E-state index < -0.39 is 11.4 Å². The largest absolute Gasteiger partial charge is 0.504 e. The summed E-state index contributed by atoms with van der Waals surface area (Å²) in [6.07, 6.45) is 3.19. The average Bonchev–Trinajstić information content (AvgIpc) is 1.96. The number of carboxylic acid groups (broad SMARTS) is 1. The highest BCUT2D eigenvalue weighted by Gasteiger charge is 2.28. The molecule has 0 spiro atoms.